The van der Waals surface area contributed by atoms with Gasteiger partial charge in [-0.25, -0.2) is 0 Å². The molecule has 1 aliphatic heterocycles. The lowest BCUT2D eigenvalue weighted by Gasteiger charge is -2.23. The van der Waals surface area contributed by atoms with E-state index in [2.05, 4.69) is 12.1 Å². The van der Waals surface area contributed by atoms with Crippen LogP contribution in [0.15, 0.2) is 30.3 Å². The van der Waals surface area contributed by atoms with Crippen LogP contribution in [-0.2, 0) is 0 Å². The average Bonchev–Trinajstić information content (AvgIpc) is 2.90. The molecule has 0 amide bonds. The fourth-order valence-electron chi connectivity index (χ4n) is 2.37. The Morgan fingerprint density at radius 3 is 2.41 bits per heavy atom. The Labute approximate surface area is 106 Å². The van der Waals surface area contributed by atoms with E-state index in [0.717, 1.165) is 17.7 Å². The molecule has 2 nitrogen and oxygen atoms in total. The molecule has 1 saturated heterocycles. The van der Waals surface area contributed by atoms with Crippen LogP contribution in [-0.4, -0.2) is 11.0 Å². The second-order valence-electron chi connectivity index (χ2n) is 4.22. The van der Waals surface area contributed by atoms with Gasteiger partial charge in [-0.2, -0.15) is 22.3 Å². The number of thioether (sulfide) groups is 1. The van der Waals surface area contributed by atoms with Gasteiger partial charge in [-0.05, 0) is 24.2 Å². The monoisotopic (exact) mass is 242 g/mol. The summed E-state index contributed by atoms with van der Waals surface area (Å²) in [5.74, 6) is 0.670. The standard InChI is InChI=1S/C14H14N2S/c15-9-12(10-16)14(13-7-4-8-17-13)11-5-2-1-3-6-11/h1-3,5-6,12-14H,4,7-8H2. The molecule has 2 unspecified atom stereocenters. The van der Waals surface area contributed by atoms with E-state index in [0.29, 0.717) is 5.25 Å². The Bertz CT molecular complexity index is 424. The molecule has 1 aromatic rings. The lowest BCUT2D eigenvalue weighted by Crippen LogP contribution is -2.20. The molecule has 1 heterocycles. The van der Waals surface area contributed by atoms with Crippen LogP contribution in [0.25, 0.3) is 0 Å². The van der Waals surface area contributed by atoms with Gasteiger partial charge in [0.25, 0.3) is 0 Å². The molecule has 0 N–H and O–H groups in total. The Hall–Kier alpha value is -1.45. The van der Waals surface area contributed by atoms with E-state index in [1.54, 1.807) is 0 Å². The molecule has 0 bridgehead atoms. The van der Waals surface area contributed by atoms with Crippen molar-refractivity contribution in [3.8, 4) is 12.1 Å². The molecule has 2 atom stereocenters. The Morgan fingerprint density at radius 2 is 1.88 bits per heavy atom. The van der Waals surface area contributed by atoms with Gasteiger partial charge in [0.1, 0.15) is 5.92 Å². The summed E-state index contributed by atoms with van der Waals surface area (Å²) in [6, 6.07) is 14.3. The largest absolute Gasteiger partial charge is 0.197 e. The van der Waals surface area contributed by atoms with Gasteiger partial charge in [0.05, 0.1) is 12.1 Å². The highest BCUT2D eigenvalue weighted by molar-refractivity contribution is 8.00. The molecule has 3 heteroatoms. The number of hydrogen-bond acceptors (Lipinski definition) is 3. The second kappa shape index (κ2) is 5.75. The summed E-state index contributed by atoms with van der Waals surface area (Å²) in [6.07, 6.45) is 2.31. The molecule has 1 aromatic carbocycles. The number of nitriles is 2. The summed E-state index contributed by atoms with van der Waals surface area (Å²) < 4.78 is 0. The summed E-state index contributed by atoms with van der Waals surface area (Å²) in [7, 11) is 0. The number of benzene rings is 1. The Morgan fingerprint density at radius 1 is 1.18 bits per heavy atom. The van der Waals surface area contributed by atoms with E-state index >= 15 is 0 Å². The maximum absolute atomic E-state index is 9.14. The molecule has 1 fully saturated rings. The first kappa shape index (κ1) is 12.0. The molecule has 2 rings (SSSR count). The van der Waals surface area contributed by atoms with Crippen molar-refractivity contribution in [3.05, 3.63) is 35.9 Å². The van der Waals surface area contributed by atoms with Crippen molar-refractivity contribution in [1.82, 2.24) is 0 Å². The SMILES string of the molecule is N#CC(C#N)C(c1ccccc1)C1CCCS1. The van der Waals surface area contributed by atoms with Gasteiger partial charge in [-0.3, -0.25) is 0 Å². The van der Waals surface area contributed by atoms with Crippen LogP contribution >= 0.6 is 11.8 Å². The number of nitrogens with zero attached hydrogens (tertiary/aromatic N) is 2. The quantitative estimate of drug-likeness (QED) is 0.816. The van der Waals surface area contributed by atoms with Crippen LogP contribution in [0.2, 0.25) is 0 Å². The van der Waals surface area contributed by atoms with E-state index in [1.807, 2.05) is 42.1 Å². The van der Waals surface area contributed by atoms with E-state index in [-0.39, 0.29) is 5.92 Å². The summed E-state index contributed by atoms with van der Waals surface area (Å²) in [4.78, 5) is 0. The van der Waals surface area contributed by atoms with Gasteiger partial charge in [0, 0.05) is 11.2 Å². The van der Waals surface area contributed by atoms with Crippen molar-refractivity contribution in [2.75, 3.05) is 5.75 Å². The Balaban J connectivity index is 2.31. The van der Waals surface area contributed by atoms with Crippen LogP contribution in [0.4, 0.5) is 0 Å². The molecule has 0 saturated carbocycles. The Kier molecular flexibility index (Phi) is 4.07. The van der Waals surface area contributed by atoms with Crippen molar-refractivity contribution < 1.29 is 0 Å². The molecule has 1 aliphatic rings. The van der Waals surface area contributed by atoms with Crippen LogP contribution < -0.4 is 0 Å². The van der Waals surface area contributed by atoms with Crippen LogP contribution in [0.5, 0.6) is 0 Å². The molecule has 86 valence electrons. The maximum Gasteiger partial charge on any atom is 0.141 e. The van der Waals surface area contributed by atoms with Gasteiger partial charge in [0.15, 0.2) is 0 Å². The minimum Gasteiger partial charge on any atom is -0.197 e. The number of hydrogen-bond donors (Lipinski definition) is 0. The topological polar surface area (TPSA) is 47.6 Å². The van der Waals surface area contributed by atoms with E-state index in [4.69, 9.17) is 10.5 Å². The highest BCUT2D eigenvalue weighted by atomic mass is 32.2. The first-order valence-electron chi connectivity index (χ1n) is 5.82. The van der Waals surface area contributed by atoms with Crippen LogP contribution in [0, 0.1) is 28.6 Å². The average molecular weight is 242 g/mol. The third-order valence-corrected chi connectivity index (χ3v) is 4.67. The van der Waals surface area contributed by atoms with Crippen molar-refractivity contribution in [3.63, 3.8) is 0 Å². The van der Waals surface area contributed by atoms with Crippen molar-refractivity contribution in [1.29, 1.82) is 10.5 Å². The predicted octanol–water partition coefficient (Wildman–Crippen LogP) is 3.33. The van der Waals surface area contributed by atoms with Gasteiger partial charge < -0.3 is 0 Å². The van der Waals surface area contributed by atoms with Gasteiger partial charge >= 0.3 is 0 Å². The molecular formula is C14H14N2S. The highest BCUT2D eigenvalue weighted by Gasteiger charge is 2.33. The van der Waals surface area contributed by atoms with Crippen LogP contribution in [0.3, 0.4) is 0 Å². The molecule has 0 spiro atoms. The fraction of sp³-hybridized carbons (Fsp3) is 0.429. The maximum atomic E-state index is 9.14. The lowest BCUT2D eigenvalue weighted by atomic mass is 9.83. The zero-order valence-electron chi connectivity index (χ0n) is 9.54. The van der Waals surface area contributed by atoms with Gasteiger partial charge in [0.2, 0.25) is 0 Å². The molecular weight excluding hydrogens is 228 g/mol. The predicted molar refractivity (Wildman–Crippen MR) is 69.4 cm³/mol. The zero-order chi connectivity index (χ0) is 12.1. The molecule has 0 aliphatic carbocycles. The zero-order valence-corrected chi connectivity index (χ0v) is 10.4. The molecule has 0 radical (unpaired) electrons. The summed E-state index contributed by atoms with van der Waals surface area (Å²) in [5.41, 5.74) is 1.13. The van der Waals surface area contributed by atoms with Crippen molar-refractivity contribution >= 4 is 11.8 Å². The summed E-state index contributed by atoms with van der Waals surface area (Å²) in [5, 5.41) is 18.7. The molecule has 0 aromatic heterocycles. The number of rotatable bonds is 3. The minimum atomic E-state index is -0.534. The lowest BCUT2D eigenvalue weighted by molar-refractivity contribution is 0.565. The van der Waals surface area contributed by atoms with Gasteiger partial charge in [-0.15, -0.1) is 0 Å². The van der Waals surface area contributed by atoms with Crippen LogP contribution in [0.1, 0.15) is 24.3 Å². The third-order valence-electron chi connectivity index (χ3n) is 3.19. The highest BCUT2D eigenvalue weighted by Crippen LogP contribution is 2.41. The summed E-state index contributed by atoms with van der Waals surface area (Å²) in [6.45, 7) is 0. The first-order valence-corrected chi connectivity index (χ1v) is 6.87. The van der Waals surface area contributed by atoms with E-state index < -0.39 is 5.92 Å². The van der Waals surface area contributed by atoms with Crippen molar-refractivity contribution in [2.24, 2.45) is 5.92 Å². The third kappa shape index (κ3) is 2.62. The summed E-state index contributed by atoms with van der Waals surface area (Å²) >= 11 is 1.90. The molecule has 17 heavy (non-hydrogen) atoms. The van der Waals surface area contributed by atoms with Gasteiger partial charge in [-0.1, -0.05) is 30.3 Å². The first-order chi connectivity index (χ1) is 8.36. The minimum absolute atomic E-state index is 0.0544. The van der Waals surface area contributed by atoms with E-state index in [1.165, 1.54) is 6.42 Å². The fourth-order valence-corrected chi connectivity index (χ4v) is 3.86. The normalized spacial score (nSPS) is 20.8. The second-order valence-corrected chi connectivity index (χ2v) is 5.57. The van der Waals surface area contributed by atoms with Crippen molar-refractivity contribution in [2.45, 2.75) is 24.0 Å². The van der Waals surface area contributed by atoms with E-state index in [9.17, 15) is 0 Å². The smallest absolute Gasteiger partial charge is 0.141 e.